The second kappa shape index (κ2) is 9.37. The molecule has 0 radical (unpaired) electrons. The Balaban J connectivity index is 1.71. The molecule has 146 valence electrons. The number of halogens is 1. The van der Waals surface area contributed by atoms with Crippen LogP contribution >= 0.6 is 22.9 Å². The summed E-state index contributed by atoms with van der Waals surface area (Å²) in [6.45, 7) is 4.26. The van der Waals surface area contributed by atoms with Crippen molar-refractivity contribution < 1.29 is 9.53 Å². The second-order valence-corrected chi connectivity index (χ2v) is 7.59. The van der Waals surface area contributed by atoms with Crippen LogP contribution in [0.2, 0.25) is 5.02 Å². The number of nitrogens with one attached hydrogen (secondary N) is 1. The van der Waals surface area contributed by atoms with Crippen LogP contribution in [0.15, 0.2) is 53.4 Å². The van der Waals surface area contributed by atoms with Gasteiger partial charge in [-0.25, -0.2) is 4.98 Å². The lowest BCUT2D eigenvalue weighted by molar-refractivity contribution is -0.112. The molecule has 0 fully saturated rings. The van der Waals surface area contributed by atoms with E-state index >= 15 is 0 Å². The van der Waals surface area contributed by atoms with Crippen molar-refractivity contribution in [1.82, 2.24) is 4.98 Å². The van der Waals surface area contributed by atoms with Crippen LogP contribution in [0.4, 0.5) is 5.13 Å². The van der Waals surface area contributed by atoms with Gasteiger partial charge < -0.3 is 4.74 Å². The molecule has 1 aromatic heterocycles. The number of hydrogen-bond acceptors (Lipinski definition) is 5. The number of nitriles is 1. The lowest BCUT2D eigenvalue weighted by Crippen LogP contribution is -2.13. The fourth-order valence-corrected chi connectivity index (χ4v) is 3.47. The van der Waals surface area contributed by atoms with E-state index < -0.39 is 5.91 Å². The Morgan fingerprint density at radius 2 is 2.10 bits per heavy atom. The zero-order valence-electron chi connectivity index (χ0n) is 15.9. The molecule has 1 heterocycles. The number of rotatable bonds is 6. The molecular formula is C22H18ClN3O2S. The van der Waals surface area contributed by atoms with Crippen molar-refractivity contribution >= 4 is 40.1 Å². The average Bonchev–Trinajstić information content (AvgIpc) is 3.11. The lowest BCUT2D eigenvalue weighted by atomic mass is 10.1. The van der Waals surface area contributed by atoms with Crippen LogP contribution in [0.5, 0.6) is 5.75 Å². The Morgan fingerprint density at radius 1 is 1.31 bits per heavy atom. The fraction of sp³-hybridized carbons (Fsp3) is 0.136. The van der Waals surface area contributed by atoms with E-state index in [1.807, 2.05) is 49.6 Å². The predicted octanol–water partition coefficient (Wildman–Crippen LogP) is 5.54. The molecule has 0 aliphatic rings. The highest BCUT2D eigenvalue weighted by atomic mass is 35.5. The molecule has 0 unspecified atom stereocenters. The van der Waals surface area contributed by atoms with Crippen molar-refractivity contribution in [1.29, 1.82) is 5.26 Å². The smallest absolute Gasteiger partial charge is 0.268 e. The quantitative estimate of drug-likeness (QED) is 0.417. The largest absolute Gasteiger partial charge is 0.487 e. The molecule has 1 N–H and O–H groups in total. The number of thiazole rings is 1. The van der Waals surface area contributed by atoms with Gasteiger partial charge in [0.1, 0.15) is 24.0 Å². The molecule has 1 amide bonds. The van der Waals surface area contributed by atoms with E-state index in [1.165, 1.54) is 17.4 Å². The number of aryl methyl sites for hydroxylation is 2. The standard InChI is InChI=1S/C22H18ClN3O2S/c1-14-5-3-4-6-17(14)12-28-20-8-7-16(10-19(20)23)9-18(11-24)21(27)26-22-25-15(2)13-29-22/h3-10,13H,12H2,1-2H3,(H,25,26,27)/b18-9-. The number of anilines is 1. The molecule has 2 aromatic carbocycles. The molecule has 7 heteroatoms. The summed E-state index contributed by atoms with van der Waals surface area (Å²) in [7, 11) is 0. The van der Waals surface area contributed by atoms with Crippen molar-refractivity contribution in [3.05, 3.63) is 80.8 Å². The van der Waals surface area contributed by atoms with Crippen LogP contribution in [0.1, 0.15) is 22.4 Å². The minimum Gasteiger partial charge on any atom is -0.487 e. The first kappa shape index (κ1) is 20.6. The molecule has 0 saturated heterocycles. The molecule has 3 aromatic rings. The first-order chi connectivity index (χ1) is 14.0. The van der Waals surface area contributed by atoms with Gasteiger partial charge in [-0.1, -0.05) is 41.9 Å². The van der Waals surface area contributed by atoms with Gasteiger partial charge in [-0.2, -0.15) is 5.26 Å². The van der Waals surface area contributed by atoms with Gasteiger partial charge in [0.25, 0.3) is 5.91 Å². The number of benzene rings is 2. The highest BCUT2D eigenvalue weighted by Gasteiger charge is 2.12. The summed E-state index contributed by atoms with van der Waals surface area (Å²) in [4.78, 5) is 16.5. The Kier molecular flexibility index (Phi) is 6.65. The number of hydrogen-bond donors (Lipinski definition) is 1. The fourth-order valence-electron chi connectivity index (χ4n) is 2.54. The minimum atomic E-state index is -0.516. The Hall–Kier alpha value is -3.14. The number of amides is 1. The normalized spacial score (nSPS) is 11.0. The van der Waals surface area contributed by atoms with Gasteiger partial charge in [0, 0.05) is 5.38 Å². The molecule has 29 heavy (non-hydrogen) atoms. The average molecular weight is 424 g/mol. The summed E-state index contributed by atoms with van der Waals surface area (Å²) in [6.07, 6.45) is 1.48. The monoisotopic (exact) mass is 423 g/mol. The van der Waals surface area contributed by atoms with Gasteiger partial charge in [-0.3, -0.25) is 10.1 Å². The summed E-state index contributed by atoms with van der Waals surface area (Å²) >= 11 is 7.63. The number of ether oxygens (including phenoxy) is 1. The van der Waals surface area contributed by atoms with Crippen LogP contribution in [-0.4, -0.2) is 10.9 Å². The zero-order chi connectivity index (χ0) is 20.8. The van der Waals surface area contributed by atoms with Crippen molar-refractivity contribution in [2.45, 2.75) is 20.5 Å². The summed E-state index contributed by atoms with van der Waals surface area (Å²) < 4.78 is 5.81. The zero-order valence-corrected chi connectivity index (χ0v) is 17.5. The van der Waals surface area contributed by atoms with Gasteiger partial charge >= 0.3 is 0 Å². The van der Waals surface area contributed by atoms with E-state index in [0.717, 1.165) is 16.8 Å². The molecule has 5 nitrogen and oxygen atoms in total. The first-order valence-electron chi connectivity index (χ1n) is 8.78. The summed E-state index contributed by atoms with van der Waals surface area (Å²) in [5.41, 5.74) is 3.61. The first-order valence-corrected chi connectivity index (χ1v) is 10.0. The lowest BCUT2D eigenvalue weighted by Gasteiger charge is -2.10. The number of aromatic nitrogens is 1. The van der Waals surface area contributed by atoms with Crippen LogP contribution < -0.4 is 10.1 Å². The van der Waals surface area contributed by atoms with Crippen LogP contribution in [0.25, 0.3) is 6.08 Å². The van der Waals surface area contributed by atoms with E-state index in [0.29, 0.717) is 28.1 Å². The molecule has 3 rings (SSSR count). The molecule has 0 saturated carbocycles. The molecule has 0 aliphatic heterocycles. The van der Waals surface area contributed by atoms with Gasteiger partial charge in [0.15, 0.2) is 5.13 Å². The van der Waals surface area contributed by atoms with E-state index in [9.17, 15) is 10.1 Å². The Morgan fingerprint density at radius 3 is 2.76 bits per heavy atom. The van der Waals surface area contributed by atoms with Crippen LogP contribution in [-0.2, 0) is 11.4 Å². The highest BCUT2D eigenvalue weighted by Crippen LogP contribution is 2.28. The maximum Gasteiger partial charge on any atom is 0.268 e. The minimum absolute atomic E-state index is 0.0394. The van der Waals surface area contributed by atoms with Crippen molar-refractivity contribution in [3.8, 4) is 11.8 Å². The third-order valence-electron chi connectivity index (χ3n) is 4.12. The number of carbonyl (C=O) groups is 1. The van der Waals surface area contributed by atoms with E-state index in [2.05, 4.69) is 10.3 Å². The maximum absolute atomic E-state index is 12.3. The third kappa shape index (κ3) is 5.44. The van der Waals surface area contributed by atoms with E-state index in [4.69, 9.17) is 16.3 Å². The third-order valence-corrected chi connectivity index (χ3v) is 5.29. The van der Waals surface area contributed by atoms with E-state index in [-0.39, 0.29) is 5.57 Å². The van der Waals surface area contributed by atoms with Crippen LogP contribution in [0, 0.1) is 25.2 Å². The van der Waals surface area contributed by atoms with Gasteiger partial charge in [-0.15, -0.1) is 11.3 Å². The topological polar surface area (TPSA) is 75.0 Å². The summed E-state index contributed by atoms with van der Waals surface area (Å²) in [6, 6.07) is 15.0. The Bertz CT molecular complexity index is 1120. The SMILES string of the molecule is Cc1csc(NC(=O)/C(C#N)=C\c2ccc(OCc3ccccc3C)c(Cl)c2)n1. The van der Waals surface area contributed by atoms with E-state index in [1.54, 1.807) is 18.2 Å². The van der Waals surface area contributed by atoms with Crippen molar-refractivity contribution in [2.24, 2.45) is 0 Å². The van der Waals surface area contributed by atoms with Gasteiger partial charge in [0.2, 0.25) is 0 Å². The highest BCUT2D eigenvalue weighted by molar-refractivity contribution is 7.13. The molecular weight excluding hydrogens is 406 g/mol. The molecule has 0 atom stereocenters. The molecule has 0 spiro atoms. The van der Waals surface area contributed by atoms with Crippen LogP contribution in [0.3, 0.4) is 0 Å². The predicted molar refractivity (Wildman–Crippen MR) is 116 cm³/mol. The van der Waals surface area contributed by atoms with Crippen molar-refractivity contribution in [3.63, 3.8) is 0 Å². The number of carbonyl (C=O) groups excluding carboxylic acids is 1. The number of nitrogens with zero attached hydrogens (tertiary/aromatic N) is 2. The van der Waals surface area contributed by atoms with Gasteiger partial charge in [0.05, 0.1) is 10.7 Å². The van der Waals surface area contributed by atoms with Gasteiger partial charge in [-0.05, 0) is 48.7 Å². The molecule has 0 bridgehead atoms. The summed E-state index contributed by atoms with van der Waals surface area (Å²) in [5, 5.41) is 14.6. The molecule has 0 aliphatic carbocycles. The second-order valence-electron chi connectivity index (χ2n) is 6.32. The Labute approximate surface area is 178 Å². The summed E-state index contributed by atoms with van der Waals surface area (Å²) in [5.74, 6) is 0.0196. The van der Waals surface area contributed by atoms with Crippen molar-refractivity contribution in [2.75, 3.05) is 5.32 Å². The maximum atomic E-state index is 12.3.